The van der Waals surface area contributed by atoms with Crippen LogP contribution in [0.25, 0.3) is 0 Å². The quantitative estimate of drug-likeness (QED) is 0.606. The van der Waals surface area contributed by atoms with Crippen molar-refractivity contribution in [1.82, 2.24) is 9.62 Å². The van der Waals surface area contributed by atoms with Gasteiger partial charge in [0.1, 0.15) is 0 Å². The van der Waals surface area contributed by atoms with Crippen molar-refractivity contribution in [2.75, 3.05) is 12.8 Å². The molecule has 0 aromatic heterocycles. The summed E-state index contributed by atoms with van der Waals surface area (Å²) in [5, 5.41) is 3.00. The van der Waals surface area contributed by atoms with Crippen LogP contribution in [0.1, 0.15) is 13.3 Å². The van der Waals surface area contributed by atoms with E-state index in [-0.39, 0.29) is 0 Å². The van der Waals surface area contributed by atoms with E-state index in [2.05, 4.69) is 5.32 Å². The lowest BCUT2D eigenvalue weighted by molar-refractivity contribution is -0.154. The lowest BCUT2D eigenvalue weighted by Crippen LogP contribution is -2.40. The first-order valence-electron chi connectivity index (χ1n) is 5.26. The van der Waals surface area contributed by atoms with E-state index < -0.39 is 40.1 Å². The van der Waals surface area contributed by atoms with Crippen LogP contribution >= 0.6 is 0 Å². The molecule has 0 aromatic carbocycles. The molecule has 3 unspecified atom stereocenters. The van der Waals surface area contributed by atoms with Crippen LogP contribution in [-0.2, 0) is 24.3 Å². The first-order chi connectivity index (χ1) is 7.82. The molecule has 0 radical (unpaired) electrons. The van der Waals surface area contributed by atoms with E-state index in [1.54, 1.807) is 0 Å². The third kappa shape index (κ3) is 2.02. The topological polar surface area (TPSA) is 92.8 Å². The summed E-state index contributed by atoms with van der Waals surface area (Å²) in [6, 6.07) is -0.872. The summed E-state index contributed by atoms with van der Waals surface area (Å²) < 4.78 is 28.9. The zero-order valence-electron chi connectivity index (χ0n) is 9.54. The zero-order valence-corrected chi connectivity index (χ0v) is 10.4. The number of rotatable bonds is 2. The van der Waals surface area contributed by atoms with Crippen molar-refractivity contribution in [3.8, 4) is 0 Å². The van der Waals surface area contributed by atoms with E-state index in [1.165, 1.54) is 6.92 Å². The van der Waals surface area contributed by atoms with Gasteiger partial charge in [0.15, 0.2) is 6.10 Å². The molecule has 2 rings (SSSR count). The number of hydrogen-bond acceptors (Lipinski definition) is 6. The number of nitrogens with zero attached hydrogens (tertiary/aromatic N) is 1. The maximum atomic E-state index is 11.9. The Morgan fingerprint density at radius 1 is 1.53 bits per heavy atom. The molecule has 0 spiro atoms. The number of esters is 1. The molecule has 0 aromatic rings. The fourth-order valence-electron chi connectivity index (χ4n) is 2.44. The molecule has 3 atom stereocenters. The summed E-state index contributed by atoms with van der Waals surface area (Å²) in [6.45, 7) is 1.80. The summed E-state index contributed by atoms with van der Waals surface area (Å²) in [6.07, 6.45) is 0.493. The van der Waals surface area contributed by atoms with Gasteiger partial charge in [-0.05, 0) is 13.0 Å². The fraction of sp³-hybridized carbons (Fsp3) is 0.778. The molecular formula is C9H14N2O5S. The monoisotopic (exact) mass is 262 g/mol. The van der Waals surface area contributed by atoms with Crippen LogP contribution in [0.15, 0.2) is 0 Å². The standard InChI is InChI=1S/C9H14N2O5S/c1-5(12)16-8-7-6(3-4-10-7)11(9(8)13)17(2,14)15/h6-8,10H,3-4H2,1-2H3. The molecule has 0 bridgehead atoms. The molecule has 2 aliphatic heterocycles. The van der Waals surface area contributed by atoms with Crippen molar-refractivity contribution in [2.24, 2.45) is 0 Å². The second kappa shape index (κ2) is 3.95. The minimum Gasteiger partial charge on any atom is -0.451 e. The smallest absolute Gasteiger partial charge is 0.303 e. The molecule has 0 aliphatic carbocycles. The number of fused-ring (bicyclic) bond motifs is 1. The molecule has 2 aliphatic rings. The van der Waals surface area contributed by atoms with Gasteiger partial charge in [0.25, 0.3) is 5.91 Å². The van der Waals surface area contributed by atoms with Crippen LogP contribution < -0.4 is 5.32 Å². The molecule has 1 N–H and O–H groups in total. The van der Waals surface area contributed by atoms with Crippen molar-refractivity contribution in [3.63, 3.8) is 0 Å². The Bertz CT molecular complexity index is 460. The average Bonchev–Trinajstić information content (AvgIpc) is 2.67. The van der Waals surface area contributed by atoms with E-state index in [0.29, 0.717) is 13.0 Å². The Labute approximate surface area is 99.2 Å². The minimum absolute atomic E-state index is 0.430. The largest absolute Gasteiger partial charge is 0.451 e. The van der Waals surface area contributed by atoms with Crippen LogP contribution in [0.4, 0.5) is 0 Å². The van der Waals surface area contributed by atoms with Crippen molar-refractivity contribution in [1.29, 1.82) is 0 Å². The molecule has 2 heterocycles. The summed E-state index contributed by atoms with van der Waals surface area (Å²) in [5.41, 5.74) is 0. The second-order valence-electron chi connectivity index (χ2n) is 4.26. The number of hydrogen-bond donors (Lipinski definition) is 1. The third-order valence-electron chi connectivity index (χ3n) is 2.97. The molecular weight excluding hydrogens is 248 g/mol. The second-order valence-corrected chi connectivity index (χ2v) is 6.12. The van der Waals surface area contributed by atoms with Crippen LogP contribution in [0.5, 0.6) is 0 Å². The maximum absolute atomic E-state index is 11.9. The highest BCUT2D eigenvalue weighted by atomic mass is 32.2. The Kier molecular flexibility index (Phi) is 2.86. The van der Waals surface area contributed by atoms with Crippen LogP contribution in [0.2, 0.25) is 0 Å². The molecule has 2 saturated heterocycles. The number of ether oxygens (including phenoxy) is 1. The molecule has 0 saturated carbocycles. The van der Waals surface area contributed by atoms with E-state index in [0.717, 1.165) is 10.6 Å². The van der Waals surface area contributed by atoms with Crippen LogP contribution in [-0.4, -0.2) is 55.6 Å². The normalized spacial score (nSPS) is 32.7. The summed E-state index contributed by atoms with van der Waals surface area (Å²) >= 11 is 0. The van der Waals surface area contributed by atoms with Gasteiger partial charge < -0.3 is 10.1 Å². The molecule has 17 heavy (non-hydrogen) atoms. The van der Waals surface area contributed by atoms with E-state index in [1.807, 2.05) is 0 Å². The minimum atomic E-state index is -3.62. The van der Waals surface area contributed by atoms with Crippen molar-refractivity contribution >= 4 is 21.9 Å². The Morgan fingerprint density at radius 3 is 2.71 bits per heavy atom. The van der Waals surface area contributed by atoms with Gasteiger partial charge in [0.05, 0.1) is 18.3 Å². The van der Waals surface area contributed by atoms with Gasteiger partial charge in [0.2, 0.25) is 10.0 Å². The number of amides is 1. The predicted octanol–water partition coefficient (Wildman–Crippen LogP) is -1.55. The number of carbonyl (C=O) groups is 2. The third-order valence-corrected chi connectivity index (χ3v) is 4.14. The highest BCUT2D eigenvalue weighted by molar-refractivity contribution is 7.88. The van der Waals surface area contributed by atoms with E-state index in [9.17, 15) is 18.0 Å². The lowest BCUT2D eigenvalue weighted by Gasteiger charge is -2.19. The number of nitrogens with one attached hydrogen (secondary N) is 1. The van der Waals surface area contributed by atoms with Crippen LogP contribution in [0.3, 0.4) is 0 Å². The van der Waals surface area contributed by atoms with E-state index >= 15 is 0 Å². The Morgan fingerprint density at radius 2 is 2.18 bits per heavy atom. The van der Waals surface area contributed by atoms with Gasteiger partial charge in [-0.2, -0.15) is 0 Å². The maximum Gasteiger partial charge on any atom is 0.303 e. The summed E-state index contributed by atoms with van der Waals surface area (Å²) in [7, 11) is -3.62. The molecule has 2 fully saturated rings. The average molecular weight is 262 g/mol. The van der Waals surface area contributed by atoms with Crippen molar-refractivity contribution in [3.05, 3.63) is 0 Å². The first-order valence-corrected chi connectivity index (χ1v) is 7.11. The van der Waals surface area contributed by atoms with Gasteiger partial charge in [-0.15, -0.1) is 0 Å². The summed E-state index contributed by atoms with van der Waals surface area (Å²) in [4.78, 5) is 22.9. The van der Waals surface area contributed by atoms with Gasteiger partial charge >= 0.3 is 5.97 Å². The number of carbonyl (C=O) groups excluding carboxylic acids is 2. The van der Waals surface area contributed by atoms with Gasteiger partial charge in [-0.3, -0.25) is 9.59 Å². The Hall–Kier alpha value is -1.15. The molecule has 8 heteroatoms. The van der Waals surface area contributed by atoms with Crippen LogP contribution in [0, 0.1) is 0 Å². The molecule has 96 valence electrons. The number of sulfonamides is 1. The fourth-order valence-corrected chi connectivity index (χ4v) is 3.60. The lowest BCUT2D eigenvalue weighted by atomic mass is 10.1. The van der Waals surface area contributed by atoms with Gasteiger partial charge in [-0.1, -0.05) is 0 Å². The zero-order chi connectivity index (χ0) is 12.8. The highest BCUT2D eigenvalue weighted by Gasteiger charge is 2.55. The van der Waals surface area contributed by atoms with Gasteiger partial charge in [-0.25, -0.2) is 12.7 Å². The van der Waals surface area contributed by atoms with Crippen molar-refractivity contribution < 1.29 is 22.7 Å². The first kappa shape index (κ1) is 12.3. The molecule has 1 amide bonds. The highest BCUT2D eigenvalue weighted by Crippen LogP contribution is 2.30. The predicted molar refractivity (Wildman–Crippen MR) is 57.4 cm³/mol. The SMILES string of the molecule is CC(=O)OC1C(=O)N(S(C)(=O)=O)C2CCNC12. The molecule has 7 nitrogen and oxygen atoms in total. The Balaban J connectivity index is 2.33. The summed E-state index contributed by atoms with van der Waals surface area (Å²) in [5.74, 6) is -1.25. The van der Waals surface area contributed by atoms with E-state index in [4.69, 9.17) is 4.74 Å². The van der Waals surface area contributed by atoms with Crippen molar-refractivity contribution in [2.45, 2.75) is 31.5 Å². The van der Waals surface area contributed by atoms with Gasteiger partial charge in [0, 0.05) is 6.92 Å².